The second-order valence-corrected chi connectivity index (χ2v) is 14.4. The van der Waals surface area contributed by atoms with Crippen molar-refractivity contribution in [2.75, 3.05) is 31.6 Å². The van der Waals surface area contributed by atoms with Crippen molar-refractivity contribution in [2.24, 2.45) is 11.8 Å². The summed E-state index contributed by atoms with van der Waals surface area (Å²) < 4.78 is 79.1. The molecule has 2 aliphatic rings. The second kappa shape index (κ2) is 13.8. The molecule has 252 valence electrons. The van der Waals surface area contributed by atoms with Crippen LogP contribution in [0.5, 0.6) is 0 Å². The lowest BCUT2D eigenvalue weighted by Crippen LogP contribution is -2.52. The molecule has 3 heterocycles. The second-order valence-electron chi connectivity index (χ2n) is 12.4. The first-order valence-electron chi connectivity index (χ1n) is 15.2. The zero-order valence-electron chi connectivity index (χ0n) is 26.1. The lowest BCUT2D eigenvalue weighted by Gasteiger charge is -2.31. The van der Waals surface area contributed by atoms with Gasteiger partial charge in [-0.1, -0.05) is 44.2 Å². The van der Waals surface area contributed by atoms with Gasteiger partial charge >= 0.3 is 6.09 Å². The Labute approximate surface area is 266 Å². The van der Waals surface area contributed by atoms with E-state index < -0.39 is 59.1 Å². The molecule has 3 aromatic rings. The molecule has 46 heavy (non-hydrogen) atoms. The van der Waals surface area contributed by atoms with Gasteiger partial charge < -0.3 is 34.4 Å². The summed E-state index contributed by atoms with van der Waals surface area (Å²) in [5.74, 6) is -4.81. The fourth-order valence-corrected chi connectivity index (χ4v) is 7.24. The molecule has 0 saturated carbocycles. The minimum absolute atomic E-state index is 0.0510. The van der Waals surface area contributed by atoms with Gasteiger partial charge in [-0.05, 0) is 43.9 Å². The topological polar surface area (TPSA) is 152 Å². The highest BCUT2D eigenvalue weighted by Crippen LogP contribution is 2.43. The molecule has 15 heteroatoms. The number of rotatable bonds is 13. The van der Waals surface area contributed by atoms with E-state index in [1.165, 1.54) is 12.1 Å². The quantitative estimate of drug-likeness (QED) is 0.244. The van der Waals surface area contributed by atoms with E-state index >= 15 is 0 Å². The normalized spacial score (nSPS) is 22.3. The Morgan fingerprint density at radius 1 is 1.13 bits per heavy atom. The van der Waals surface area contributed by atoms with Gasteiger partial charge in [-0.3, -0.25) is 0 Å². The number of hydrogen-bond acceptors (Lipinski definition) is 10. The third kappa shape index (κ3) is 7.77. The number of nitrogens with zero attached hydrogens (tertiary/aromatic N) is 2. The van der Waals surface area contributed by atoms with Crippen molar-refractivity contribution in [3.63, 3.8) is 0 Å². The minimum Gasteiger partial charge on any atom is -0.443 e. The van der Waals surface area contributed by atoms with Crippen molar-refractivity contribution >= 4 is 33.2 Å². The molecule has 2 fully saturated rings. The van der Waals surface area contributed by atoms with Crippen LogP contribution >= 0.6 is 0 Å². The van der Waals surface area contributed by atoms with Crippen LogP contribution in [0, 0.1) is 11.8 Å². The number of alkyl carbamates (subject to hydrolysis) is 1. The summed E-state index contributed by atoms with van der Waals surface area (Å²) in [5.41, 5.74) is 1.49. The SMILES string of the molecule is CC(C)CN(C[C@@H](O)[C@H](Cc1ccccc1)NC(=O)O[C@H]1CO[C@H]2OCC(F)(F)[C@H]21)S(=O)(=O)c1ccc2nc(NC(C)C)oc2c1. The number of hydrogen-bond donors (Lipinski definition) is 3. The van der Waals surface area contributed by atoms with Gasteiger partial charge in [-0.25, -0.2) is 22.0 Å². The zero-order valence-corrected chi connectivity index (χ0v) is 26.9. The summed E-state index contributed by atoms with van der Waals surface area (Å²) in [6.07, 6.45) is -4.80. The van der Waals surface area contributed by atoms with E-state index in [0.29, 0.717) is 5.52 Å². The summed E-state index contributed by atoms with van der Waals surface area (Å²) in [6, 6.07) is 12.6. The van der Waals surface area contributed by atoms with Crippen molar-refractivity contribution in [3.05, 3.63) is 54.1 Å². The predicted octanol–water partition coefficient (Wildman–Crippen LogP) is 4.00. The Morgan fingerprint density at radius 3 is 2.57 bits per heavy atom. The maximum Gasteiger partial charge on any atom is 0.407 e. The number of aromatic nitrogens is 1. The Hall–Kier alpha value is -3.37. The molecule has 0 unspecified atom stereocenters. The molecule has 12 nitrogen and oxygen atoms in total. The molecule has 2 saturated heterocycles. The average Bonchev–Trinajstić information content (AvgIpc) is 3.66. The predicted molar refractivity (Wildman–Crippen MR) is 164 cm³/mol. The van der Waals surface area contributed by atoms with Crippen molar-refractivity contribution < 1.29 is 45.7 Å². The summed E-state index contributed by atoms with van der Waals surface area (Å²) in [6.45, 7) is 6.10. The molecule has 0 aliphatic carbocycles. The highest BCUT2D eigenvalue weighted by Gasteiger charge is 2.60. The average molecular weight is 667 g/mol. The van der Waals surface area contributed by atoms with E-state index in [1.54, 1.807) is 36.4 Å². The summed E-state index contributed by atoms with van der Waals surface area (Å²) in [7, 11) is -4.17. The number of oxazole rings is 1. The molecule has 2 aliphatic heterocycles. The molecule has 1 amide bonds. The number of aliphatic hydroxyl groups excluding tert-OH is 1. The number of amides is 1. The fraction of sp³-hybridized carbons (Fsp3) is 0.548. The number of alkyl halides is 2. The maximum absolute atomic E-state index is 14.4. The highest BCUT2D eigenvalue weighted by molar-refractivity contribution is 7.89. The number of benzene rings is 2. The molecule has 0 bridgehead atoms. The fourth-order valence-electron chi connectivity index (χ4n) is 5.60. The van der Waals surface area contributed by atoms with Gasteiger partial charge in [0.2, 0.25) is 10.0 Å². The molecule has 0 spiro atoms. The number of halogens is 2. The largest absolute Gasteiger partial charge is 0.443 e. The first-order valence-corrected chi connectivity index (χ1v) is 16.6. The molecule has 3 N–H and O–H groups in total. The number of carbonyl (C=O) groups is 1. The number of aliphatic hydroxyl groups is 1. The van der Waals surface area contributed by atoms with Crippen LogP contribution in [0.1, 0.15) is 33.3 Å². The third-order valence-corrected chi connectivity index (χ3v) is 9.57. The highest BCUT2D eigenvalue weighted by atomic mass is 32.2. The molecule has 0 radical (unpaired) electrons. The molecular formula is C31H40F2N4O8S. The molecule has 2 aromatic carbocycles. The number of ether oxygens (including phenoxy) is 3. The number of carbonyl (C=O) groups excluding carboxylic acids is 1. The van der Waals surface area contributed by atoms with Gasteiger partial charge in [0.25, 0.3) is 11.9 Å². The monoisotopic (exact) mass is 666 g/mol. The van der Waals surface area contributed by atoms with Gasteiger partial charge in [0.1, 0.15) is 24.1 Å². The number of fused-ring (bicyclic) bond motifs is 2. The van der Waals surface area contributed by atoms with Crippen LogP contribution in [0.25, 0.3) is 11.1 Å². The third-order valence-electron chi connectivity index (χ3n) is 7.74. The van der Waals surface area contributed by atoms with Gasteiger partial charge in [0.15, 0.2) is 11.9 Å². The van der Waals surface area contributed by atoms with Crippen LogP contribution < -0.4 is 10.6 Å². The van der Waals surface area contributed by atoms with Crippen molar-refractivity contribution in [1.82, 2.24) is 14.6 Å². The number of anilines is 1. The van der Waals surface area contributed by atoms with Crippen LogP contribution in [-0.4, -0.2) is 91.7 Å². The molecule has 5 rings (SSSR count). The maximum atomic E-state index is 14.4. The molecule has 1 aromatic heterocycles. The van der Waals surface area contributed by atoms with Gasteiger partial charge in [0, 0.05) is 25.2 Å². The Morgan fingerprint density at radius 2 is 1.87 bits per heavy atom. The van der Waals surface area contributed by atoms with E-state index in [9.17, 15) is 27.1 Å². The number of nitrogens with one attached hydrogen (secondary N) is 2. The van der Waals surface area contributed by atoms with Crippen LogP contribution in [0.3, 0.4) is 0 Å². The van der Waals surface area contributed by atoms with E-state index in [4.69, 9.17) is 18.6 Å². The van der Waals surface area contributed by atoms with Crippen molar-refractivity contribution in [3.8, 4) is 0 Å². The minimum atomic E-state index is -4.17. The van der Waals surface area contributed by atoms with Crippen molar-refractivity contribution in [2.45, 2.75) is 75.5 Å². The van der Waals surface area contributed by atoms with Gasteiger partial charge in [-0.2, -0.15) is 9.29 Å². The van der Waals surface area contributed by atoms with Crippen molar-refractivity contribution in [1.29, 1.82) is 0 Å². The first-order chi connectivity index (χ1) is 21.7. The van der Waals surface area contributed by atoms with E-state index in [1.807, 2.05) is 27.7 Å². The smallest absolute Gasteiger partial charge is 0.407 e. The van der Waals surface area contributed by atoms with Crippen LogP contribution in [-0.2, 0) is 30.7 Å². The van der Waals surface area contributed by atoms with E-state index in [-0.39, 0.29) is 54.6 Å². The number of sulfonamides is 1. The summed E-state index contributed by atoms with van der Waals surface area (Å²) in [5, 5.41) is 17.1. The van der Waals surface area contributed by atoms with Gasteiger partial charge in [0.05, 0.1) is 23.6 Å². The molecule has 5 atom stereocenters. The first kappa shape index (κ1) is 34.0. The van der Waals surface area contributed by atoms with Gasteiger partial charge in [-0.15, -0.1) is 0 Å². The Kier molecular flexibility index (Phi) is 10.2. The van der Waals surface area contributed by atoms with Crippen LogP contribution in [0.15, 0.2) is 57.8 Å². The van der Waals surface area contributed by atoms with E-state index in [0.717, 1.165) is 9.87 Å². The lowest BCUT2D eigenvalue weighted by molar-refractivity contribution is -0.0953. The van der Waals surface area contributed by atoms with Crippen LogP contribution in [0.2, 0.25) is 0 Å². The summed E-state index contributed by atoms with van der Waals surface area (Å²) in [4.78, 5) is 17.3. The molecular weight excluding hydrogens is 626 g/mol. The van der Waals surface area contributed by atoms with Crippen LogP contribution in [0.4, 0.5) is 19.6 Å². The lowest BCUT2D eigenvalue weighted by atomic mass is 9.99. The van der Waals surface area contributed by atoms with E-state index in [2.05, 4.69) is 15.6 Å². The Balaban J connectivity index is 1.36. The zero-order chi connectivity index (χ0) is 33.2. The summed E-state index contributed by atoms with van der Waals surface area (Å²) >= 11 is 0. The standard InChI is InChI=1S/C31H40F2N4O8S/c1-18(2)14-37(46(40,41)21-10-11-22-25(13-21)44-29(35-22)34-19(3)4)15-24(38)23(12-20-8-6-5-7-9-20)36-30(39)45-26-16-42-28-27(26)31(32,33)17-43-28/h5-11,13,18-19,23-24,26-28,38H,12,14-17H2,1-4H3,(H,34,35)(H,36,39)/t23-,24+,26-,27-,28-/m0/s1. The Bertz CT molecular complexity index is 1600.